The number of nitrogens with one attached hydrogen (secondary N) is 2. The van der Waals surface area contributed by atoms with Gasteiger partial charge in [0.15, 0.2) is 5.96 Å². The number of benzene rings is 1. The molecule has 2 aliphatic rings. The third-order valence-corrected chi connectivity index (χ3v) is 7.00. The highest BCUT2D eigenvalue weighted by Crippen LogP contribution is 2.49. The summed E-state index contributed by atoms with van der Waals surface area (Å²) >= 11 is 0. The normalized spacial score (nSPS) is 21.5. The van der Waals surface area contributed by atoms with Gasteiger partial charge in [0.2, 0.25) is 10.0 Å². The lowest BCUT2D eigenvalue weighted by Gasteiger charge is -2.18. The molecule has 1 saturated heterocycles. The zero-order valence-electron chi connectivity index (χ0n) is 15.2. The van der Waals surface area contributed by atoms with Crippen LogP contribution in [0.2, 0.25) is 0 Å². The van der Waals surface area contributed by atoms with Crippen LogP contribution in [0.5, 0.6) is 0 Å². The van der Waals surface area contributed by atoms with Crippen molar-refractivity contribution in [2.45, 2.75) is 31.6 Å². The average Bonchev–Trinajstić information content (AvgIpc) is 3.32. The Morgan fingerprint density at radius 2 is 2.08 bits per heavy atom. The van der Waals surface area contributed by atoms with Crippen molar-refractivity contribution in [3.8, 4) is 0 Å². The van der Waals surface area contributed by atoms with Crippen molar-refractivity contribution in [2.75, 3.05) is 38.5 Å². The highest BCUT2D eigenvalue weighted by molar-refractivity contribution is 7.89. The number of rotatable bonds is 7. The van der Waals surface area contributed by atoms with Gasteiger partial charge in [-0.3, -0.25) is 4.99 Å². The van der Waals surface area contributed by atoms with Gasteiger partial charge < -0.3 is 10.6 Å². The number of sulfonamides is 1. The van der Waals surface area contributed by atoms with Gasteiger partial charge >= 0.3 is 0 Å². The molecular formula is C18H27FN4O2S. The van der Waals surface area contributed by atoms with Crippen LogP contribution in [0.4, 0.5) is 4.39 Å². The van der Waals surface area contributed by atoms with Gasteiger partial charge in [-0.05, 0) is 37.8 Å². The maximum Gasteiger partial charge on any atom is 0.214 e. The lowest BCUT2D eigenvalue weighted by atomic mass is 9.95. The van der Waals surface area contributed by atoms with E-state index >= 15 is 0 Å². The van der Waals surface area contributed by atoms with Crippen LogP contribution < -0.4 is 10.6 Å². The second-order valence-electron chi connectivity index (χ2n) is 6.95. The van der Waals surface area contributed by atoms with Crippen LogP contribution in [0.3, 0.4) is 0 Å². The van der Waals surface area contributed by atoms with Crippen LogP contribution in [-0.2, 0) is 15.4 Å². The van der Waals surface area contributed by atoms with E-state index in [-0.39, 0.29) is 17.0 Å². The molecule has 1 aromatic carbocycles. The Morgan fingerprint density at radius 1 is 1.31 bits per heavy atom. The molecule has 26 heavy (non-hydrogen) atoms. The van der Waals surface area contributed by atoms with Gasteiger partial charge in [-0.15, -0.1) is 0 Å². The van der Waals surface area contributed by atoms with Crippen molar-refractivity contribution < 1.29 is 12.8 Å². The monoisotopic (exact) mass is 382 g/mol. The van der Waals surface area contributed by atoms with Gasteiger partial charge in [-0.25, -0.2) is 17.1 Å². The third-order valence-electron chi connectivity index (χ3n) is 5.04. The lowest BCUT2D eigenvalue weighted by Crippen LogP contribution is -2.42. The first-order valence-electron chi connectivity index (χ1n) is 9.22. The Labute approximate surface area is 154 Å². The minimum atomic E-state index is -3.07. The third kappa shape index (κ3) is 4.35. The molecule has 6 nitrogen and oxygen atoms in total. The van der Waals surface area contributed by atoms with Crippen LogP contribution in [0, 0.1) is 5.82 Å². The van der Waals surface area contributed by atoms with Crippen molar-refractivity contribution in [1.82, 2.24) is 14.9 Å². The molecule has 2 fully saturated rings. The van der Waals surface area contributed by atoms with Crippen LogP contribution in [0.1, 0.15) is 31.7 Å². The number of hydrogen-bond acceptors (Lipinski definition) is 3. The van der Waals surface area contributed by atoms with E-state index in [0.29, 0.717) is 45.1 Å². The van der Waals surface area contributed by atoms with Crippen molar-refractivity contribution in [3.05, 3.63) is 35.6 Å². The number of nitrogens with zero attached hydrogens (tertiary/aromatic N) is 2. The lowest BCUT2D eigenvalue weighted by molar-refractivity contribution is 0.445. The van der Waals surface area contributed by atoms with E-state index in [1.165, 1.54) is 10.4 Å². The molecule has 0 unspecified atom stereocenters. The first kappa shape index (κ1) is 19.1. The molecule has 0 bridgehead atoms. The summed E-state index contributed by atoms with van der Waals surface area (Å²) in [5.41, 5.74) is 0.536. The van der Waals surface area contributed by atoms with Crippen LogP contribution >= 0.6 is 0 Å². The molecule has 0 spiro atoms. The summed E-state index contributed by atoms with van der Waals surface area (Å²) in [7, 11) is -3.07. The molecule has 0 aromatic heterocycles. The van der Waals surface area contributed by atoms with E-state index in [2.05, 4.69) is 15.6 Å². The van der Waals surface area contributed by atoms with Gasteiger partial charge in [0.1, 0.15) is 5.82 Å². The molecule has 2 N–H and O–H groups in total. The maximum absolute atomic E-state index is 14.1. The summed E-state index contributed by atoms with van der Waals surface area (Å²) in [6.45, 7) is 4.73. The highest BCUT2D eigenvalue weighted by atomic mass is 32.2. The molecular weight excluding hydrogens is 355 g/mol. The SMILES string of the molecule is CCNC(=NCC1(c2ccccc2F)CC1)NCCN1CCCS1(=O)=O. The summed E-state index contributed by atoms with van der Waals surface area (Å²) in [5, 5.41) is 6.36. The molecule has 1 aliphatic carbocycles. The predicted molar refractivity (Wildman–Crippen MR) is 101 cm³/mol. The quantitative estimate of drug-likeness (QED) is 0.553. The van der Waals surface area contributed by atoms with E-state index in [9.17, 15) is 12.8 Å². The average molecular weight is 383 g/mol. The topological polar surface area (TPSA) is 73.8 Å². The van der Waals surface area contributed by atoms with Crippen molar-refractivity contribution in [1.29, 1.82) is 0 Å². The molecule has 1 heterocycles. The van der Waals surface area contributed by atoms with Crippen LogP contribution in [0.15, 0.2) is 29.3 Å². The molecule has 8 heteroatoms. The Morgan fingerprint density at radius 3 is 2.69 bits per heavy atom. The van der Waals surface area contributed by atoms with Gasteiger partial charge in [0.05, 0.1) is 12.3 Å². The van der Waals surface area contributed by atoms with Gasteiger partial charge in [-0.2, -0.15) is 0 Å². The second-order valence-corrected chi connectivity index (χ2v) is 9.04. The zero-order chi connectivity index (χ0) is 18.6. The van der Waals surface area contributed by atoms with Gasteiger partial charge in [0.25, 0.3) is 0 Å². The molecule has 144 valence electrons. The number of halogens is 1. The molecule has 0 radical (unpaired) electrons. The second kappa shape index (κ2) is 7.92. The van der Waals surface area contributed by atoms with Crippen molar-refractivity contribution >= 4 is 16.0 Å². The minimum Gasteiger partial charge on any atom is -0.357 e. The zero-order valence-corrected chi connectivity index (χ0v) is 16.0. The number of guanidine groups is 1. The van der Waals surface area contributed by atoms with Crippen LogP contribution in [0.25, 0.3) is 0 Å². The first-order chi connectivity index (χ1) is 12.5. The summed E-state index contributed by atoms with van der Waals surface area (Å²) in [6.07, 6.45) is 2.56. The Balaban J connectivity index is 1.58. The van der Waals surface area contributed by atoms with E-state index in [1.54, 1.807) is 6.07 Å². The Bertz CT molecular complexity index is 762. The largest absolute Gasteiger partial charge is 0.357 e. The molecule has 3 rings (SSSR count). The summed E-state index contributed by atoms with van der Waals surface area (Å²) in [5.74, 6) is 0.718. The van der Waals surface area contributed by atoms with E-state index in [4.69, 9.17) is 0 Å². The minimum absolute atomic E-state index is 0.169. The molecule has 1 aliphatic heterocycles. The van der Waals surface area contributed by atoms with Crippen LogP contribution in [-0.4, -0.2) is 57.2 Å². The summed E-state index contributed by atoms with van der Waals surface area (Å²) < 4.78 is 39.3. The number of aliphatic imine (C=N–C) groups is 1. The summed E-state index contributed by atoms with van der Waals surface area (Å²) in [4.78, 5) is 4.63. The number of hydrogen-bond donors (Lipinski definition) is 2. The Hall–Kier alpha value is -1.67. The van der Waals surface area contributed by atoms with Crippen molar-refractivity contribution in [3.63, 3.8) is 0 Å². The molecule has 1 saturated carbocycles. The fraction of sp³-hybridized carbons (Fsp3) is 0.611. The molecule has 0 atom stereocenters. The Kier molecular flexibility index (Phi) is 5.82. The van der Waals surface area contributed by atoms with E-state index in [0.717, 1.165) is 18.4 Å². The van der Waals surface area contributed by atoms with Crippen molar-refractivity contribution in [2.24, 2.45) is 4.99 Å². The maximum atomic E-state index is 14.1. The smallest absolute Gasteiger partial charge is 0.214 e. The molecule has 0 amide bonds. The van der Waals surface area contributed by atoms with Gasteiger partial charge in [-0.1, -0.05) is 18.2 Å². The summed E-state index contributed by atoms with van der Waals surface area (Å²) in [6, 6.07) is 6.91. The first-order valence-corrected chi connectivity index (χ1v) is 10.8. The predicted octanol–water partition coefficient (Wildman–Crippen LogP) is 1.45. The highest BCUT2D eigenvalue weighted by Gasteiger charge is 2.45. The fourth-order valence-corrected chi connectivity index (χ4v) is 4.90. The van der Waals surface area contributed by atoms with E-state index in [1.807, 2.05) is 19.1 Å². The standard InChI is InChI=1S/C18H27FN4O2S/c1-2-20-17(21-10-12-23-11-5-13-26(23,24)25)22-14-18(8-9-18)15-6-3-4-7-16(15)19/h3-4,6-7H,2,5,8-14H2,1H3,(H2,20,21,22). The molecule has 1 aromatic rings. The fourth-order valence-electron chi connectivity index (χ4n) is 3.37. The van der Waals surface area contributed by atoms with E-state index < -0.39 is 10.0 Å². The van der Waals surface area contributed by atoms with Gasteiger partial charge in [0, 0.05) is 31.6 Å².